The molecule has 0 unspecified atom stereocenters. The molecule has 0 radical (unpaired) electrons. The molecule has 8 nitrogen and oxygen atoms in total. The molecule has 8 heteroatoms. The van der Waals surface area contributed by atoms with E-state index in [4.69, 9.17) is 10.7 Å². The van der Waals surface area contributed by atoms with Gasteiger partial charge in [0.05, 0.1) is 34.3 Å². The number of nitrogen functional groups attached to an aromatic ring is 1. The number of imidazole rings is 1. The molecule has 0 saturated carbocycles. The summed E-state index contributed by atoms with van der Waals surface area (Å²) in [5, 5.41) is 4.33. The summed E-state index contributed by atoms with van der Waals surface area (Å²) < 4.78 is 4.03. The maximum absolute atomic E-state index is 5.85. The van der Waals surface area contributed by atoms with Gasteiger partial charge in [-0.25, -0.2) is 24.6 Å². The van der Waals surface area contributed by atoms with Gasteiger partial charge < -0.3 is 10.3 Å². The van der Waals surface area contributed by atoms with E-state index in [2.05, 4.69) is 69.7 Å². The second-order valence-corrected chi connectivity index (χ2v) is 8.73. The van der Waals surface area contributed by atoms with Crippen molar-refractivity contribution < 1.29 is 0 Å². The standard InChI is InChI=1S/C24H24N8/c1-15-22(25)27-12-19(29-15)16-9-10-21-18(11-16)30-23(32(21)24(2,3)4)17-7-5-6-8-20(17)31-14-26-13-28-31/h5-14H,1-4H3,(H2,25,27). The number of nitrogens with two attached hydrogens (primary N) is 1. The van der Waals surface area contributed by atoms with E-state index in [0.29, 0.717) is 11.5 Å². The summed E-state index contributed by atoms with van der Waals surface area (Å²) in [6, 6.07) is 14.3. The van der Waals surface area contributed by atoms with Crippen molar-refractivity contribution in [2.45, 2.75) is 33.2 Å². The highest BCUT2D eigenvalue weighted by Crippen LogP contribution is 2.35. The first kappa shape index (κ1) is 19.9. The Labute approximate surface area is 185 Å². The summed E-state index contributed by atoms with van der Waals surface area (Å²) in [4.78, 5) is 18.0. The maximum Gasteiger partial charge on any atom is 0.144 e. The number of nitrogens with zero attached hydrogens (tertiary/aromatic N) is 7. The van der Waals surface area contributed by atoms with Crippen LogP contribution in [-0.2, 0) is 5.54 Å². The predicted molar refractivity (Wildman–Crippen MR) is 125 cm³/mol. The van der Waals surface area contributed by atoms with E-state index in [1.807, 2.05) is 25.1 Å². The molecule has 0 amide bonds. The van der Waals surface area contributed by atoms with Crippen molar-refractivity contribution in [1.29, 1.82) is 0 Å². The fraction of sp³-hybridized carbons (Fsp3) is 0.208. The zero-order valence-corrected chi connectivity index (χ0v) is 18.5. The Hall–Kier alpha value is -4.07. The highest BCUT2D eigenvalue weighted by molar-refractivity contribution is 5.86. The van der Waals surface area contributed by atoms with Crippen molar-refractivity contribution in [3.8, 4) is 28.3 Å². The molecule has 0 saturated heterocycles. The molecule has 160 valence electrons. The third-order valence-electron chi connectivity index (χ3n) is 5.42. The lowest BCUT2D eigenvalue weighted by atomic mass is 10.1. The molecule has 0 spiro atoms. The summed E-state index contributed by atoms with van der Waals surface area (Å²) >= 11 is 0. The molecule has 2 aromatic carbocycles. The third-order valence-corrected chi connectivity index (χ3v) is 5.42. The zero-order chi connectivity index (χ0) is 22.5. The van der Waals surface area contributed by atoms with E-state index in [1.54, 1.807) is 17.2 Å². The van der Waals surface area contributed by atoms with Gasteiger partial charge in [0, 0.05) is 16.7 Å². The number of benzene rings is 2. The molecule has 5 aromatic rings. The number of rotatable bonds is 3. The normalized spacial score (nSPS) is 11.9. The molecule has 0 fully saturated rings. The number of aromatic nitrogens is 7. The number of anilines is 1. The van der Waals surface area contributed by atoms with Gasteiger partial charge in [-0.15, -0.1) is 0 Å². The summed E-state index contributed by atoms with van der Waals surface area (Å²) in [5.41, 5.74) is 11.9. The van der Waals surface area contributed by atoms with Crippen LogP contribution in [-0.4, -0.2) is 34.3 Å². The van der Waals surface area contributed by atoms with Gasteiger partial charge in [-0.05, 0) is 52.0 Å². The first-order chi connectivity index (χ1) is 15.3. The van der Waals surface area contributed by atoms with E-state index in [-0.39, 0.29) is 5.54 Å². The first-order valence-corrected chi connectivity index (χ1v) is 10.4. The van der Waals surface area contributed by atoms with Gasteiger partial charge in [-0.2, -0.15) is 5.10 Å². The van der Waals surface area contributed by atoms with E-state index in [1.165, 1.54) is 6.33 Å². The quantitative estimate of drug-likeness (QED) is 0.461. The molecular weight excluding hydrogens is 400 g/mol. The SMILES string of the molecule is Cc1nc(-c2ccc3c(c2)nc(-c2ccccc2-n2cncn2)n3C(C)(C)C)cnc1N. The van der Waals surface area contributed by atoms with E-state index in [0.717, 1.165) is 39.4 Å². The highest BCUT2D eigenvalue weighted by Gasteiger charge is 2.24. The van der Waals surface area contributed by atoms with Crippen molar-refractivity contribution in [2.24, 2.45) is 0 Å². The summed E-state index contributed by atoms with van der Waals surface area (Å²) in [5.74, 6) is 1.31. The Morgan fingerprint density at radius 3 is 2.53 bits per heavy atom. The summed E-state index contributed by atoms with van der Waals surface area (Å²) in [7, 11) is 0. The molecule has 3 aromatic heterocycles. The van der Waals surface area contributed by atoms with Crippen molar-refractivity contribution in [3.63, 3.8) is 0 Å². The van der Waals surface area contributed by atoms with Crippen molar-refractivity contribution >= 4 is 16.9 Å². The molecule has 3 heterocycles. The number of para-hydroxylation sites is 1. The molecule has 0 aliphatic carbocycles. The van der Waals surface area contributed by atoms with Crippen LogP contribution < -0.4 is 5.73 Å². The van der Waals surface area contributed by atoms with Gasteiger partial charge in [0.15, 0.2) is 0 Å². The zero-order valence-electron chi connectivity index (χ0n) is 18.5. The lowest BCUT2D eigenvalue weighted by molar-refractivity contribution is 0.413. The number of aryl methyl sites for hydroxylation is 1. The monoisotopic (exact) mass is 424 g/mol. The smallest absolute Gasteiger partial charge is 0.144 e. The third kappa shape index (κ3) is 3.30. The van der Waals surface area contributed by atoms with Crippen molar-refractivity contribution in [2.75, 3.05) is 5.73 Å². The fourth-order valence-electron chi connectivity index (χ4n) is 3.92. The highest BCUT2D eigenvalue weighted by atomic mass is 15.3. The predicted octanol–water partition coefficient (Wildman–Crippen LogP) is 4.39. The number of hydrogen-bond donors (Lipinski definition) is 1. The lowest BCUT2D eigenvalue weighted by Gasteiger charge is -2.25. The van der Waals surface area contributed by atoms with Crippen LogP contribution in [0.2, 0.25) is 0 Å². The average Bonchev–Trinajstić information content (AvgIpc) is 3.42. The number of hydrogen-bond acceptors (Lipinski definition) is 6. The van der Waals surface area contributed by atoms with E-state index < -0.39 is 0 Å². The molecule has 0 aliphatic rings. The summed E-state index contributed by atoms with van der Waals surface area (Å²) in [6.07, 6.45) is 4.93. The molecule has 32 heavy (non-hydrogen) atoms. The Bertz CT molecular complexity index is 1420. The topological polar surface area (TPSA) is 100 Å². The minimum Gasteiger partial charge on any atom is -0.382 e. The largest absolute Gasteiger partial charge is 0.382 e. The molecule has 0 atom stereocenters. The molecular formula is C24H24N8. The second kappa shape index (κ2) is 7.26. The Kier molecular flexibility index (Phi) is 4.51. The van der Waals surface area contributed by atoms with Gasteiger partial charge in [0.1, 0.15) is 24.3 Å². The lowest BCUT2D eigenvalue weighted by Crippen LogP contribution is -2.23. The van der Waals surface area contributed by atoms with Crippen molar-refractivity contribution in [3.05, 3.63) is 67.0 Å². The van der Waals surface area contributed by atoms with Gasteiger partial charge in [-0.3, -0.25) is 0 Å². The Balaban J connectivity index is 1.75. The van der Waals surface area contributed by atoms with Gasteiger partial charge >= 0.3 is 0 Å². The van der Waals surface area contributed by atoms with Crippen molar-refractivity contribution in [1.82, 2.24) is 34.3 Å². The number of fused-ring (bicyclic) bond motifs is 1. The molecule has 0 aliphatic heterocycles. The van der Waals surface area contributed by atoms with Gasteiger partial charge in [-0.1, -0.05) is 18.2 Å². The molecule has 5 rings (SSSR count). The Morgan fingerprint density at radius 2 is 1.81 bits per heavy atom. The van der Waals surface area contributed by atoms with Gasteiger partial charge in [0.25, 0.3) is 0 Å². The first-order valence-electron chi connectivity index (χ1n) is 10.4. The van der Waals surface area contributed by atoms with Crippen LogP contribution in [0.3, 0.4) is 0 Å². The second-order valence-electron chi connectivity index (χ2n) is 8.73. The van der Waals surface area contributed by atoms with Crippen LogP contribution in [0.25, 0.3) is 39.4 Å². The average molecular weight is 425 g/mol. The van der Waals surface area contributed by atoms with Crippen LogP contribution >= 0.6 is 0 Å². The van der Waals surface area contributed by atoms with Crippen LogP contribution in [0.4, 0.5) is 5.82 Å². The summed E-state index contributed by atoms with van der Waals surface area (Å²) in [6.45, 7) is 8.40. The van der Waals surface area contributed by atoms with Gasteiger partial charge in [0.2, 0.25) is 0 Å². The maximum atomic E-state index is 5.85. The van der Waals surface area contributed by atoms with Crippen LogP contribution in [0, 0.1) is 6.92 Å². The van der Waals surface area contributed by atoms with E-state index >= 15 is 0 Å². The molecule has 2 N–H and O–H groups in total. The molecule has 0 bridgehead atoms. The Morgan fingerprint density at radius 1 is 1.00 bits per heavy atom. The van der Waals surface area contributed by atoms with Crippen LogP contribution in [0.15, 0.2) is 61.3 Å². The van der Waals surface area contributed by atoms with Crippen LogP contribution in [0.1, 0.15) is 26.5 Å². The van der Waals surface area contributed by atoms with Crippen LogP contribution in [0.5, 0.6) is 0 Å². The minimum atomic E-state index is -0.196. The van der Waals surface area contributed by atoms with E-state index in [9.17, 15) is 0 Å². The fourth-order valence-corrected chi connectivity index (χ4v) is 3.92. The minimum absolute atomic E-state index is 0.196.